The van der Waals surface area contributed by atoms with Crippen LogP contribution in [0.3, 0.4) is 0 Å². The molecular weight excluding hydrogens is 309 g/mol. The maximum atomic E-state index is 12.8. The lowest BCUT2D eigenvalue weighted by atomic mass is 10.1. The smallest absolute Gasteiger partial charge is 0.418 e. The minimum Gasteiger partial charge on any atom is -0.466 e. The van der Waals surface area contributed by atoms with Gasteiger partial charge in [-0.1, -0.05) is 11.6 Å². The van der Waals surface area contributed by atoms with E-state index in [1.807, 2.05) is 0 Å². The first-order valence-electron chi connectivity index (χ1n) is 5.36. The zero-order chi connectivity index (χ0) is 15.5. The van der Waals surface area contributed by atoms with Gasteiger partial charge < -0.3 is 4.74 Å². The zero-order valence-corrected chi connectivity index (χ0v) is 10.9. The lowest BCUT2D eigenvalue weighted by Gasteiger charge is -2.15. The molecule has 1 aromatic rings. The molecule has 1 rings (SSSR count). The van der Waals surface area contributed by atoms with Crippen molar-refractivity contribution in [3.8, 4) is 0 Å². The Labute approximate surface area is 115 Å². The number of hydrogen-bond acceptors (Lipinski definition) is 3. The number of carbonyl (C=O) groups excluding carboxylic acids is 1. The van der Waals surface area contributed by atoms with Crippen LogP contribution < -0.4 is 0 Å². The summed E-state index contributed by atoms with van der Waals surface area (Å²) in [6, 6.07) is 0. The number of rotatable bonds is 4. The molecule has 0 aliphatic heterocycles. The topological polar surface area (TPSA) is 39.2 Å². The van der Waals surface area contributed by atoms with Crippen LogP contribution in [0, 0.1) is 0 Å². The normalized spacial score (nSPS) is 11.8. The molecule has 0 saturated heterocycles. The first kappa shape index (κ1) is 16.6. The van der Waals surface area contributed by atoms with Crippen LogP contribution in [0.5, 0.6) is 0 Å². The van der Waals surface area contributed by atoms with Crippen molar-refractivity contribution >= 4 is 17.6 Å². The van der Waals surface area contributed by atoms with Gasteiger partial charge in [0.05, 0.1) is 23.6 Å². The standard InChI is InChI=1S/C11H9ClF5NO2/c1-2-20-7(19)3-5-6(11(15,16)17)4-18-9(8(5)12)10(13)14/h4,10H,2-3H2,1H3. The van der Waals surface area contributed by atoms with Crippen LogP contribution in [0.15, 0.2) is 6.20 Å². The molecule has 1 heterocycles. The maximum Gasteiger partial charge on any atom is 0.418 e. The number of ether oxygens (including phenoxy) is 1. The molecule has 0 amide bonds. The summed E-state index contributed by atoms with van der Waals surface area (Å²) in [5.74, 6) is -0.994. The Morgan fingerprint density at radius 2 is 2.05 bits per heavy atom. The third-order valence-corrected chi connectivity index (χ3v) is 2.71. The van der Waals surface area contributed by atoms with E-state index in [1.165, 1.54) is 6.92 Å². The van der Waals surface area contributed by atoms with E-state index in [0.717, 1.165) is 0 Å². The summed E-state index contributed by atoms with van der Waals surface area (Å²) in [5, 5.41) is -0.872. The molecule has 9 heteroatoms. The highest BCUT2D eigenvalue weighted by atomic mass is 35.5. The van der Waals surface area contributed by atoms with Gasteiger partial charge in [0.25, 0.3) is 6.43 Å². The van der Waals surface area contributed by atoms with Crippen LogP contribution in [0.4, 0.5) is 22.0 Å². The second-order valence-corrected chi connectivity index (χ2v) is 4.01. The fourth-order valence-corrected chi connectivity index (χ4v) is 1.77. The molecule has 0 unspecified atom stereocenters. The molecule has 0 N–H and O–H groups in total. The first-order valence-corrected chi connectivity index (χ1v) is 5.74. The highest BCUT2D eigenvalue weighted by Crippen LogP contribution is 2.38. The van der Waals surface area contributed by atoms with E-state index in [-0.39, 0.29) is 12.8 Å². The summed E-state index contributed by atoms with van der Waals surface area (Å²) in [6.45, 7) is 1.41. The molecule has 0 aliphatic carbocycles. The van der Waals surface area contributed by atoms with Crippen molar-refractivity contribution in [3.05, 3.63) is 28.0 Å². The number of esters is 1. The largest absolute Gasteiger partial charge is 0.466 e. The highest BCUT2D eigenvalue weighted by molar-refractivity contribution is 6.32. The Kier molecular flexibility index (Phi) is 5.27. The Bertz CT molecular complexity index is 504. The minimum absolute atomic E-state index is 0.0510. The number of nitrogens with zero attached hydrogens (tertiary/aromatic N) is 1. The van der Waals surface area contributed by atoms with Crippen LogP contribution in [0.2, 0.25) is 5.02 Å². The Morgan fingerprint density at radius 3 is 2.50 bits per heavy atom. The fourth-order valence-electron chi connectivity index (χ4n) is 1.47. The second kappa shape index (κ2) is 6.34. The van der Waals surface area contributed by atoms with Gasteiger partial charge in [-0.25, -0.2) is 8.78 Å². The maximum absolute atomic E-state index is 12.8. The number of aromatic nitrogens is 1. The minimum atomic E-state index is -4.86. The molecule has 20 heavy (non-hydrogen) atoms. The van der Waals surface area contributed by atoms with E-state index < -0.39 is 46.8 Å². The Balaban J connectivity index is 3.34. The zero-order valence-electron chi connectivity index (χ0n) is 10.1. The van der Waals surface area contributed by atoms with Crippen LogP contribution in [0.1, 0.15) is 30.2 Å². The van der Waals surface area contributed by atoms with Gasteiger partial charge in [0.15, 0.2) is 0 Å². The van der Waals surface area contributed by atoms with Crippen molar-refractivity contribution in [2.45, 2.75) is 25.9 Å². The molecular formula is C11H9ClF5NO2. The predicted molar refractivity (Wildman–Crippen MR) is 59.5 cm³/mol. The van der Waals surface area contributed by atoms with Gasteiger partial charge >= 0.3 is 12.1 Å². The van der Waals surface area contributed by atoms with Crippen molar-refractivity contribution in [2.75, 3.05) is 6.61 Å². The summed E-state index contributed by atoms with van der Waals surface area (Å²) in [4.78, 5) is 14.3. The molecule has 112 valence electrons. The lowest BCUT2D eigenvalue weighted by Crippen LogP contribution is -2.16. The summed E-state index contributed by atoms with van der Waals surface area (Å²) in [7, 11) is 0. The molecule has 0 saturated carbocycles. The Morgan fingerprint density at radius 1 is 1.45 bits per heavy atom. The van der Waals surface area contributed by atoms with Gasteiger partial charge in [-0.2, -0.15) is 13.2 Å². The molecule has 0 radical (unpaired) electrons. The van der Waals surface area contributed by atoms with E-state index in [0.29, 0.717) is 0 Å². The third kappa shape index (κ3) is 3.78. The average Bonchev–Trinajstić information content (AvgIpc) is 2.29. The second-order valence-electron chi connectivity index (χ2n) is 3.63. The SMILES string of the molecule is CCOC(=O)Cc1c(C(F)(F)F)cnc(C(F)F)c1Cl. The van der Waals surface area contributed by atoms with Crippen molar-refractivity contribution in [2.24, 2.45) is 0 Å². The summed E-state index contributed by atoms with van der Waals surface area (Å²) in [5.41, 5.74) is -3.10. The molecule has 0 aliphatic rings. The molecule has 0 bridgehead atoms. The highest BCUT2D eigenvalue weighted by Gasteiger charge is 2.37. The van der Waals surface area contributed by atoms with E-state index >= 15 is 0 Å². The molecule has 0 atom stereocenters. The van der Waals surface area contributed by atoms with E-state index in [4.69, 9.17) is 11.6 Å². The average molecular weight is 318 g/mol. The number of carbonyl (C=O) groups is 1. The molecule has 1 aromatic heterocycles. The molecule has 0 aromatic carbocycles. The molecule has 0 fully saturated rings. The summed E-state index contributed by atoms with van der Waals surface area (Å²) < 4.78 is 67.9. The lowest BCUT2D eigenvalue weighted by molar-refractivity contribution is -0.143. The van der Waals surface area contributed by atoms with E-state index in [1.54, 1.807) is 0 Å². The number of hydrogen-bond donors (Lipinski definition) is 0. The Hall–Kier alpha value is -1.44. The fraction of sp³-hybridized carbons (Fsp3) is 0.455. The molecule has 3 nitrogen and oxygen atoms in total. The van der Waals surface area contributed by atoms with Crippen molar-refractivity contribution in [1.29, 1.82) is 0 Å². The van der Waals surface area contributed by atoms with Gasteiger partial charge in [-0.05, 0) is 12.5 Å². The van der Waals surface area contributed by atoms with Crippen molar-refractivity contribution < 1.29 is 31.5 Å². The van der Waals surface area contributed by atoms with Crippen molar-refractivity contribution in [3.63, 3.8) is 0 Å². The molecule has 0 spiro atoms. The van der Waals surface area contributed by atoms with Crippen LogP contribution in [0.25, 0.3) is 0 Å². The van der Waals surface area contributed by atoms with Crippen LogP contribution in [-0.2, 0) is 22.1 Å². The van der Waals surface area contributed by atoms with Crippen LogP contribution in [-0.4, -0.2) is 17.6 Å². The summed E-state index contributed by atoms with van der Waals surface area (Å²) >= 11 is 5.51. The third-order valence-electron chi connectivity index (χ3n) is 2.29. The van der Waals surface area contributed by atoms with Crippen LogP contribution >= 0.6 is 11.6 Å². The quantitative estimate of drug-likeness (QED) is 0.626. The van der Waals surface area contributed by atoms with Crippen molar-refractivity contribution in [1.82, 2.24) is 4.98 Å². The summed E-state index contributed by atoms with van der Waals surface area (Å²) in [6.07, 6.45) is -8.63. The van der Waals surface area contributed by atoms with Gasteiger partial charge in [0.1, 0.15) is 5.69 Å². The van der Waals surface area contributed by atoms with Gasteiger partial charge in [-0.15, -0.1) is 0 Å². The van der Waals surface area contributed by atoms with Gasteiger partial charge in [0.2, 0.25) is 0 Å². The number of pyridine rings is 1. The first-order chi connectivity index (χ1) is 9.18. The predicted octanol–water partition coefficient (Wildman–Crippen LogP) is 3.80. The van der Waals surface area contributed by atoms with Gasteiger partial charge in [-0.3, -0.25) is 9.78 Å². The number of halogens is 6. The van der Waals surface area contributed by atoms with E-state index in [2.05, 4.69) is 9.72 Å². The number of alkyl halides is 5. The monoisotopic (exact) mass is 317 g/mol. The van der Waals surface area contributed by atoms with Gasteiger partial charge in [0, 0.05) is 6.20 Å². The van der Waals surface area contributed by atoms with E-state index in [9.17, 15) is 26.7 Å².